The molecule has 3 heterocycles. The molecule has 0 unspecified atom stereocenters. The number of imidazole rings is 2. The number of nitrogens with zero attached hydrogens (tertiary/aromatic N) is 6. The van der Waals surface area contributed by atoms with Crippen molar-refractivity contribution in [1.82, 2.24) is 28.2 Å². The van der Waals surface area contributed by atoms with Crippen molar-refractivity contribution in [3.8, 4) is 0 Å². The van der Waals surface area contributed by atoms with Crippen molar-refractivity contribution in [2.45, 2.75) is 19.5 Å². The van der Waals surface area contributed by atoms with E-state index in [0.29, 0.717) is 30.2 Å². The molecule has 0 amide bonds. The highest BCUT2D eigenvalue weighted by Crippen LogP contribution is 2.23. The molecule has 0 aliphatic rings. The molecule has 3 aromatic heterocycles. The Morgan fingerprint density at radius 2 is 1.82 bits per heavy atom. The average Bonchev–Trinajstić information content (AvgIpc) is 3.48. The Kier molecular flexibility index (Phi) is 5.29. The van der Waals surface area contributed by atoms with E-state index in [-0.39, 0.29) is 5.56 Å². The van der Waals surface area contributed by atoms with Crippen molar-refractivity contribution < 1.29 is 0 Å². The lowest BCUT2D eigenvalue weighted by atomic mass is 10.0. The van der Waals surface area contributed by atoms with E-state index in [1.54, 1.807) is 19.6 Å². The number of hydrogen-bond donors (Lipinski definition) is 1. The average molecular weight is 444 g/mol. The molecule has 0 spiro atoms. The van der Waals surface area contributed by atoms with Crippen molar-refractivity contribution in [2.24, 2.45) is 14.1 Å². The molecule has 2 aromatic carbocycles. The van der Waals surface area contributed by atoms with Gasteiger partial charge in [0.2, 0.25) is 5.95 Å². The Labute approximate surface area is 189 Å². The van der Waals surface area contributed by atoms with Crippen molar-refractivity contribution >= 4 is 27.9 Å². The molecular weight excluding hydrogens is 418 g/mol. The second-order valence-electron chi connectivity index (χ2n) is 8.12. The second kappa shape index (κ2) is 8.42. The highest BCUT2D eigenvalue weighted by atomic mass is 16.2. The van der Waals surface area contributed by atoms with Gasteiger partial charge in [0, 0.05) is 39.6 Å². The highest BCUT2D eigenvalue weighted by Gasteiger charge is 2.19. The number of hydrogen-bond acceptors (Lipinski definition) is 5. The lowest BCUT2D eigenvalue weighted by Crippen LogP contribution is -2.37. The van der Waals surface area contributed by atoms with Gasteiger partial charge in [0.1, 0.15) is 0 Å². The standard InChI is InChI=1S/C24H25N7O2/c1-28-21-20(22(32)29(2)24(28)33)31(15-18-9-5-8-17-7-3-4-10-19(17)18)23(27-21)26-11-6-13-30-14-12-25-16-30/h3-5,7-10,12,14,16H,6,11,13,15H2,1-2H3,(H,26,27). The zero-order valence-corrected chi connectivity index (χ0v) is 18.6. The van der Waals surface area contributed by atoms with Gasteiger partial charge in [-0.05, 0) is 22.8 Å². The molecule has 9 heteroatoms. The Balaban J connectivity index is 1.57. The number of nitrogens with one attached hydrogen (secondary N) is 1. The van der Waals surface area contributed by atoms with Crippen LogP contribution >= 0.6 is 0 Å². The maximum atomic E-state index is 13.1. The maximum absolute atomic E-state index is 13.1. The summed E-state index contributed by atoms with van der Waals surface area (Å²) in [6.07, 6.45) is 6.32. The number of fused-ring (bicyclic) bond motifs is 2. The largest absolute Gasteiger partial charge is 0.356 e. The first-order valence-electron chi connectivity index (χ1n) is 10.9. The van der Waals surface area contributed by atoms with Crippen LogP contribution in [-0.4, -0.2) is 34.8 Å². The smallest absolute Gasteiger partial charge is 0.332 e. The SMILES string of the molecule is Cn1c(=O)c2c(nc(NCCCn3ccnc3)n2Cc2cccc3ccccc23)n(C)c1=O. The predicted octanol–water partition coefficient (Wildman–Crippen LogP) is 2.33. The number of aryl methyl sites for hydroxylation is 2. The molecular formula is C24H25N7O2. The molecule has 0 fully saturated rings. The van der Waals surface area contributed by atoms with Gasteiger partial charge < -0.3 is 9.88 Å². The summed E-state index contributed by atoms with van der Waals surface area (Å²) in [6.45, 7) is 1.93. The van der Waals surface area contributed by atoms with Crippen LogP contribution in [0.1, 0.15) is 12.0 Å². The van der Waals surface area contributed by atoms with E-state index in [1.165, 1.54) is 11.6 Å². The molecule has 1 N–H and O–H groups in total. The van der Waals surface area contributed by atoms with Gasteiger partial charge in [0.25, 0.3) is 5.56 Å². The maximum Gasteiger partial charge on any atom is 0.332 e. The van der Waals surface area contributed by atoms with Crippen LogP contribution in [0.2, 0.25) is 0 Å². The predicted molar refractivity (Wildman–Crippen MR) is 129 cm³/mol. The third-order valence-electron chi connectivity index (χ3n) is 5.99. The summed E-state index contributed by atoms with van der Waals surface area (Å²) in [5.74, 6) is 0.571. The Morgan fingerprint density at radius 1 is 1.00 bits per heavy atom. The summed E-state index contributed by atoms with van der Waals surface area (Å²) < 4.78 is 6.45. The van der Waals surface area contributed by atoms with E-state index in [0.717, 1.165) is 33.9 Å². The normalized spacial score (nSPS) is 11.5. The molecule has 168 valence electrons. The van der Waals surface area contributed by atoms with Crippen molar-refractivity contribution in [3.05, 3.63) is 87.6 Å². The van der Waals surface area contributed by atoms with Crippen LogP contribution in [0.25, 0.3) is 21.9 Å². The van der Waals surface area contributed by atoms with Crippen LogP contribution in [0.3, 0.4) is 0 Å². The molecule has 5 aromatic rings. The molecule has 33 heavy (non-hydrogen) atoms. The second-order valence-corrected chi connectivity index (χ2v) is 8.12. The topological polar surface area (TPSA) is 91.7 Å². The molecule has 0 saturated carbocycles. The monoisotopic (exact) mass is 443 g/mol. The van der Waals surface area contributed by atoms with Crippen LogP contribution in [0.15, 0.2) is 70.8 Å². The van der Waals surface area contributed by atoms with Gasteiger partial charge in [-0.2, -0.15) is 4.98 Å². The van der Waals surface area contributed by atoms with Gasteiger partial charge in [-0.15, -0.1) is 0 Å². The summed E-state index contributed by atoms with van der Waals surface area (Å²) in [4.78, 5) is 34.4. The first-order valence-corrected chi connectivity index (χ1v) is 10.9. The third-order valence-corrected chi connectivity index (χ3v) is 5.99. The van der Waals surface area contributed by atoms with E-state index >= 15 is 0 Å². The van der Waals surface area contributed by atoms with Crippen LogP contribution < -0.4 is 16.6 Å². The molecule has 0 bridgehead atoms. The highest BCUT2D eigenvalue weighted by molar-refractivity contribution is 5.86. The van der Waals surface area contributed by atoms with E-state index in [9.17, 15) is 9.59 Å². The summed E-state index contributed by atoms with van der Waals surface area (Å²) >= 11 is 0. The van der Waals surface area contributed by atoms with E-state index in [1.807, 2.05) is 33.5 Å². The fraction of sp³-hybridized carbons (Fsp3) is 0.250. The van der Waals surface area contributed by atoms with Gasteiger partial charge in [-0.3, -0.25) is 18.5 Å². The van der Waals surface area contributed by atoms with Gasteiger partial charge in [0.15, 0.2) is 11.2 Å². The van der Waals surface area contributed by atoms with Crippen molar-refractivity contribution in [3.63, 3.8) is 0 Å². The number of aromatic nitrogens is 6. The lowest BCUT2D eigenvalue weighted by Gasteiger charge is -2.13. The lowest BCUT2D eigenvalue weighted by molar-refractivity contribution is 0.657. The fourth-order valence-electron chi connectivity index (χ4n) is 4.22. The molecule has 0 aliphatic carbocycles. The third kappa shape index (κ3) is 3.71. The Hall–Kier alpha value is -4.14. The molecule has 0 saturated heterocycles. The Bertz CT molecular complexity index is 1550. The van der Waals surface area contributed by atoms with Gasteiger partial charge in [-0.1, -0.05) is 42.5 Å². The number of rotatable bonds is 7. The van der Waals surface area contributed by atoms with Crippen LogP contribution in [-0.2, 0) is 27.2 Å². The number of anilines is 1. The molecule has 5 rings (SSSR count). The van der Waals surface area contributed by atoms with Crippen LogP contribution in [0.4, 0.5) is 5.95 Å². The molecule has 0 atom stereocenters. The summed E-state index contributed by atoms with van der Waals surface area (Å²) in [7, 11) is 3.14. The van der Waals surface area contributed by atoms with Gasteiger partial charge in [0.05, 0.1) is 12.9 Å². The van der Waals surface area contributed by atoms with E-state index in [4.69, 9.17) is 0 Å². The Morgan fingerprint density at radius 3 is 2.64 bits per heavy atom. The first-order chi connectivity index (χ1) is 16.0. The minimum Gasteiger partial charge on any atom is -0.356 e. The van der Waals surface area contributed by atoms with Crippen LogP contribution in [0, 0.1) is 0 Å². The van der Waals surface area contributed by atoms with Gasteiger partial charge >= 0.3 is 5.69 Å². The van der Waals surface area contributed by atoms with E-state index in [2.05, 4.69) is 39.6 Å². The van der Waals surface area contributed by atoms with Crippen molar-refractivity contribution in [1.29, 1.82) is 0 Å². The fourth-order valence-corrected chi connectivity index (χ4v) is 4.22. The molecule has 0 aliphatic heterocycles. The first kappa shape index (κ1) is 20.7. The summed E-state index contributed by atoms with van der Waals surface area (Å²) in [6, 6.07) is 14.3. The quantitative estimate of drug-likeness (QED) is 0.390. The van der Waals surface area contributed by atoms with Crippen molar-refractivity contribution in [2.75, 3.05) is 11.9 Å². The zero-order chi connectivity index (χ0) is 22.9. The van der Waals surface area contributed by atoms with E-state index < -0.39 is 5.69 Å². The minimum atomic E-state index is -0.394. The minimum absolute atomic E-state index is 0.354. The summed E-state index contributed by atoms with van der Waals surface area (Å²) in [5.41, 5.74) is 1.11. The van der Waals surface area contributed by atoms with Gasteiger partial charge in [-0.25, -0.2) is 9.78 Å². The molecule has 9 nitrogen and oxygen atoms in total. The van der Waals surface area contributed by atoms with Crippen LogP contribution in [0.5, 0.6) is 0 Å². The zero-order valence-electron chi connectivity index (χ0n) is 18.6. The molecule has 0 radical (unpaired) electrons. The summed E-state index contributed by atoms with van der Waals surface area (Å²) in [5, 5.41) is 5.64. The number of benzene rings is 2.